The Bertz CT molecular complexity index is 707. The van der Waals surface area contributed by atoms with Crippen LogP contribution in [0.2, 0.25) is 18.1 Å². The molecule has 1 spiro atoms. The van der Waals surface area contributed by atoms with Crippen molar-refractivity contribution in [2.45, 2.75) is 84.7 Å². The number of hydrogen-bond donors (Lipinski definition) is 0. The Morgan fingerprint density at radius 2 is 1.71 bits per heavy atom. The molecule has 1 saturated heterocycles. The highest BCUT2D eigenvalue weighted by molar-refractivity contribution is 6.74. The Hall–Kier alpha value is -0.913. The first-order valence-electron chi connectivity index (χ1n) is 10.6. The summed E-state index contributed by atoms with van der Waals surface area (Å²) in [5.41, 5.74) is 1.49. The van der Waals surface area contributed by atoms with Crippen molar-refractivity contribution in [3.63, 3.8) is 0 Å². The number of fused-ring (bicyclic) bond motifs is 1. The summed E-state index contributed by atoms with van der Waals surface area (Å²) < 4.78 is 19.4. The molecule has 2 fully saturated rings. The van der Waals surface area contributed by atoms with E-state index in [1.54, 1.807) is 0 Å². The Kier molecular flexibility index (Phi) is 5.09. The van der Waals surface area contributed by atoms with Gasteiger partial charge in [-0.2, -0.15) is 0 Å². The molecule has 5 heteroatoms. The van der Waals surface area contributed by atoms with Gasteiger partial charge in [-0.05, 0) is 30.1 Å². The summed E-state index contributed by atoms with van der Waals surface area (Å²) >= 11 is 0. The lowest BCUT2D eigenvalue weighted by molar-refractivity contribution is -0.242. The van der Waals surface area contributed by atoms with E-state index in [2.05, 4.69) is 61.2 Å². The van der Waals surface area contributed by atoms with Crippen LogP contribution < -0.4 is 0 Å². The first kappa shape index (κ1) is 21.8. The molecule has 3 aliphatic rings. The fourth-order valence-corrected chi connectivity index (χ4v) is 6.45. The van der Waals surface area contributed by atoms with Crippen molar-refractivity contribution in [2.24, 2.45) is 16.7 Å². The second-order valence-corrected chi connectivity index (χ2v) is 15.8. The van der Waals surface area contributed by atoms with Gasteiger partial charge in [0.15, 0.2) is 5.79 Å². The summed E-state index contributed by atoms with van der Waals surface area (Å²) in [6.07, 6.45) is 3.33. The molecule has 1 heterocycles. The highest BCUT2D eigenvalue weighted by Crippen LogP contribution is 2.65. The average Bonchev–Trinajstić information content (AvgIpc) is 3.00. The Balaban J connectivity index is 2.20. The van der Waals surface area contributed by atoms with Crippen LogP contribution in [0.15, 0.2) is 23.5 Å². The minimum atomic E-state index is -2.05. The number of rotatable bonds is 3. The molecule has 4 nitrogen and oxygen atoms in total. The van der Waals surface area contributed by atoms with E-state index in [1.807, 2.05) is 0 Å². The molecule has 0 bridgehead atoms. The monoisotopic (exact) mass is 406 g/mol. The van der Waals surface area contributed by atoms with Crippen LogP contribution in [-0.4, -0.2) is 33.6 Å². The van der Waals surface area contributed by atoms with Crippen LogP contribution in [0.5, 0.6) is 0 Å². The van der Waals surface area contributed by atoms with Gasteiger partial charge in [0.05, 0.1) is 19.0 Å². The van der Waals surface area contributed by atoms with E-state index in [0.29, 0.717) is 19.6 Å². The molecule has 3 rings (SSSR count). The summed E-state index contributed by atoms with van der Waals surface area (Å²) in [4.78, 5) is 12.1. The molecular weight excluding hydrogens is 368 g/mol. The van der Waals surface area contributed by atoms with Gasteiger partial charge >= 0.3 is 0 Å². The predicted molar refractivity (Wildman–Crippen MR) is 114 cm³/mol. The average molecular weight is 407 g/mol. The van der Waals surface area contributed by atoms with Crippen LogP contribution in [0.3, 0.4) is 0 Å². The second kappa shape index (κ2) is 6.54. The topological polar surface area (TPSA) is 44.8 Å². The van der Waals surface area contributed by atoms with Crippen molar-refractivity contribution >= 4 is 14.6 Å². The molecule has 0 aromatic heterocycles. The minimum absolute atomic E-state index is 0.0939. The van der Waals surface area contributed by atoms with E-state index in [4.69, 9.17) is 13.9 Å². The molecular formula is C23H38O4Si. The van der Waals surface area contributed by atoms with Crippen molar-refractivity contribution in [3.05, 3.63) is 23.5 Å². The second-order valence-electron chi connectivity index (χ2n) is 11.1. The van der Waals surface area contributed by atoms with Crippen LogP contribution in [0, 0.1) is 16.7 Å². The highest BCUT2D eigenvalue weighted by atomic mass is 28.4. The third kappa shape index (κ3) is 2.96. The molecule has 2 aliphatic carbocycles. The molecule has 0 radical (unpaired) electrons. The Morgan fingerprint density at radius 1 is 1.14 bits per heavy atom. The zero-order valence-corrected chi connectivity index (χ0v) is 20.0. The fourth-order valence-electron chi connectivity index (χ4n) is 5.35. The van der Waals surface area contributed by atoms with Crippen LogP contribution in [0.25, 0.3) is 0 Å². The van der Waals surface area contributed by atoms with Gasteiger partial charge in [0.2, 0.25) is 8.32 Å². The molecule has 2 atom stereocenters. The van der Waals surface area contributed by atoms with Gasteiger partial charge in [-0.25, -0.2) is 0 Å². The normalized spacial score (nSPS) is 32.4. The maximum absolute atomic E-state index is 12.1. The van der Waals surface area contributed by atoms with Gasteiger partial charge in [0.1, 0.15) is 6.29 Å². The zero-order chi connectivity index (χ0) is 21.2. The molecule has 1 saturated carbocycles. The Labute approximate surface area is 171 Å². The third-order valence-corrected chi connectivity index (χ3v) is 12.4. The first-order valence-corrected chi connectivity index (χ1v) is 13.5. The van der Waals surface area contributed by atoms with E-state index < -0.39 is 14.1 Å². The van der Waals surface area contributed by atoms with E-state index in [1.165, 1.54) is 5.57 Å². The number of allylic oxidation sites excluding steroid dienone is 1. The van der Waals surface area contributed by atoms with Gasteiger partial charge in [0, 0.05) is 29.6 Å². The fraction of sp³-hybridized carbons (Fsp3) is 0.783. The van der Waals surface area contributed by atoms with E-state index >= 15 is 0 Å². The van der Waals surface area contributed by atoms with Crippen molar-refractivity contribution in [3.8, 4) is 0 Å². The molecule has 28 heavy (non-hydrogen) atoms. The van der Waals surface area contributed by atoms with E-state index in [0.717, 1.165) is 30.5 Å². The van der Waals surface area contributed by atoms with Gasteiger partial charge in [-0.3, -0.25) is 0 Å². The van der Waals surface area contributed by atoms with Crippen LogP contribution in [0.1, 0.15) is 60.8 Å². The number of carbonyl (C=O) groups is 1. The smallest absolute Gasteiger partial charge is 0.250 e. The van der Waals surface area contributed by atoms with Crippen molar-refractivity contribution in [1.82, 2.24) is 0 Å². The molecule has 0 unspecified atom stereocenters. The minimum Gasteiger partial charge on any atom is -0.546 e. The standard InChI is InChI=1S/C23H38O4Si/c1-16-14-18(27-28(8,9)20(2,3)4)19-21(5,6)23(25-12-13-26-23)11-10-22(19,7)17(16)15-24/h15,17H,1,10-14H2,2-9H3/t17-,22+/m0/s1. The molecule has 158 valence electrons. The lowest BCUT2D eigenvalue weighted by atomic mass is 9.50. The first-order chi connectivity index (χ1) is 12.7. The van der Waals surface area contributed by atoms with E-state index in [-0.39, 0.29) is 21.8 Å². The summed E-state index contributed by atoms with van der Waals surface area (Å²) in [5, 5.41) is 0.0939. The van der Waals surface area contributed by atoms with Crippen molar-refractivity contribution in [2.75, 3.05) is 13.2 Å². The number of hydrogen-bond acceptors (Lipinski definition) is 4. The maximum atomic E-state index is 12.1. The van der Waals surface area contributed by atoms with Crippen LogP contribution in [-0.2, 0) is 18.7 Å². The maximum Gasteiger partial charge on any atom is 0.250 e. The zero-order valence-electron chi connectivity index (χ0n) is 19.0. The Morgan fingerprint density at radius 3 is 2.21 bits per heavy atom. The van der Waals surface area contributed by atoms with Gasteiger partial charge < -0.3 is 18.7 Å². The molecule has 0 aromatic carbocycles. The van der Waals surface area contributed by atoms with Crippen molar-refractivity contribution < 1.29 is 18.7 Å². The van der Waals surface area contributed by atoms with E-state index in [9.17, 15) is 4.79 Å². The molecule has 0 N–H and O–H groups in total. The third-order valence-electron chi connectivity index (χ3n) is 7.99. The number of carbonyl (C=O) groups excluding carboxylic acids is 1. The summed E-state index contributed by atoms with van der Waals surface area (Å²) in [5.74, 6) is 0.198. The predicted octanol–water partition coefficient (Wildman–Crippen LogP) is 5.61. The number of ether oxygens (including phenoxy) is 2. The van der Waals surface area contributed by atoms with Crippen LogP contribution >= 0.6 is 0 Å². The van der Waals surface area contributed by atoms with Gasteiger partial charge in [-0.15, -0.1) is 0 Å². The summed E-state index contributed by atoms with van der Waals surface area (Å²) in [6, 6.07) is 0. The SMILES string of the molecule is C=C1CC(O[Si](C)(C)C(C)(C)C)=C2C(C)(C)C3(CC[C@]2(C)[C@H]1C=O)OCCO3. The van der Waals surface area contributed by atoms with Gasteiger partial charge in [0.25, 0.3) is 0 Å². The lowest BCUT2D eigenvalue weighted by Gasteiger charge is -2.58. The van der Waals surface area contributed by atoms with Crippen LogP contribution in [0.4, 0.5) is 0 Å². The summed E-state index contributed by atoms with van der Waals surface area (Å²) in [6.45, 7) is 23.5. The molecule has 0 aromatic rings. The van der Waals surface area contributed by atoms with Gasteiger partial charge in [-0.1, -0.05) is 53.7 Å². The number of aldehydes is 1. The highest BCUT2D eigenvalue weighted by Gasteiger charge is 2.63. The largest absolute Gasteiger partial charge is 0.546 e. The molecule has 1 aliphatic heterocycles. The van der Waals surface area contributed by atoms with Crippen molar-refractivity contribution in [1.29, 1.82) is 0 Å². The molecule has 0 amide bonds. The lowest BCUT2D eigenvalue weighted by Crippen LogP contribution is -2.58. The summed E-state index contributed by atoms with van der Waals surface area (Å²) in [7, 11) is -2.05. The quantitative estimate of drug-likeness (QED) is 0.347.